The van der Waals surface area contributed by atoms with E-state index in [-0.39, 0.29) is 35.6 Å². The third-order valence-corrected chi connectivity index (χ3v) is 7.37. The van der Waals surface area contributed by atoms with E-state index in [0.29, 0.717) is 30.6 Å². The zero-order chi connectivity index (χ0) is 23.8. The number of nitrogens with one attached hydrogen (secondary N) is 1. The van der Waals surface area contributed by atoms with Gasteiger partial charge in [-0.15, -0.1) is 0 Å². The third kappa shape index (κ3) is 6.87. The van der Waals surface area contributed by atoms with E-state index in [1.807, 2.05) is 0 Å². The molecule has 2 saturated heterocycles. The molecule has 2 aliphatic heterocycles. The predicted octanol–water partition coefficient (Wildman–Crippen LogP) is 2.60. The molecule has 3 rings (SSSR count). The number of benzene rings is 1. The Bertz CT molecular complexity index is 783. The van der Waals surface area contributed by atoms with E-state index in [1.165, 1.54) is 19.2 Å². The minimum Gasteiger partial charge on any atom is -0.469 e. The molecule has 2 aliphatic rings. The highest BCUT2D eigenvalue weighted by Gasteiger charge is 2.50. The highest BCUT2D eigenvalue weighted by molar-refractivity contribution is 7.80. The second kappa shape index (κ2) is 13.0. The molecule has 0 aromatic heterocycles. The summed E-state index contributed by atoms with van der Waals surface area (Å²) in [4.78, 5) is 29.6. The maximum Gasteiger partial charge on any atom is 0.310 e. The number of hydrogen-bond acceptors (Lipinski definition) is 7. The van der Waals surface area contributed by atoms with Gasteiger partial charge in [-0.25, -0.2) is 4.39 Å². The van der Waals surface area contributed by atoms with Crippen molar-refractivity contribution in [3.63, 3.8) is 0 Å². The van der Waals surface area contributed by atoms with E-state index in [0.717, 1.165) is 50.9 Å². The first-order valence-corrected chi connectivity index (χ1v) is 13.0. The fourth-order valence-corrected chi connectivity index (χ4v) is 5.91. The first kappa shape index (κ1) is 26.3. The second-order valence-corrected chi connectivity index (χ2v) is 9.80. The number of rotatable bonds is 12. The number of hydrogen-bond donors (Lipinski definition) is 3. The minimum absolute atomic E-state index is 0.0109. The van der Waals surface area contributed by atoms with Crippen molar-refractivity contribution in [1.29, 1.82) is 0 Å². The van der Waals surface area contributed by atoms with Crippen LogP contribution in [-0.4, -0.2) is 85.1 Å². The molecule has 33 heavy (non-hydrogen) atoms. The number of thiol groups is 2. The summed E-state index contributed by atoms with van der Waals surface area (Å²) in [7, 11) is 1.45. The van der Waals surface area contributed by atoms with Crippen LogP contribution in [-0.2, 0) is 14.3 Å². The summed E-state index contributed by atoms with van der Waals surface area (Å²) in [5, 5.41) is 2.87. The average Bonchev–Trinajstić information content (AvgIpc) is 3.08. The highest BCUT2D eigenvalue weighted by Crippen LogP contribution is 2.47. The number of methoxy groups -OCH3 is 1. The summed E-state index contributed by atoms with van der Waals surface area (Å²) in [6.45, 7) is 3.35. The maximum absolute atomic E-state index is 13.5. The average molecular weight is 498 g/mol. The maximum atomic E-state index is 13.5. The molecule has 0 radical (unpaired) electrons. The van der Waals surface area contributed by atoms with Crippen LogP contribution in [0.25, 0.3) is 0 Å². The van der Waals surface area contributed by atoms with Crippen molar-refractivity contribution < 1.29 is 18.7 Å². The van der Waals surface area contributed by atoms with Gasteiger partial charge in [0.15, 0.2) is 0 Å². The lowest BCUT2D eigenvalue weighted by molar-refractivity contribution is -0.150. The summed E-state index contributed by atoms with van der Waals surface area (Å²) in [6, 6.07) is 7.09. The van der Waals surface area contributed by atoms with Gasteiger partial charge in [-0.3, -0.25) is 19.4 Å². The number of carbonyl (C=O) groups is 2. The van der Waals surface area contributed by atoms with Crippen LogP contribution >= 0.6 is 25.3 Å². The zero-order valence-corrected chi connectivity index (χ0v) is 21.1. The molecule has 9 heteroatoms. The van der Waals surface area contributed by atoms with Crippen molar-refractivity contribution in [1.82, 2.24) is 15.1 Å². The van der Waals surface area contributed by atoms with Gasteiger partial charge in [0, 0.05) is 42.6 Å². The molecule has 4 atom stereocenters. The monoisotopic (exact) mass is 497 g/mol. The van der Waals surface area contributed by atoms with Crippen LogP contribution in [0, 0.1) is 11.7 Å². The largest absolute Gasteiger partial charge is 0.469 e. The standard InChI is InChI=1S/C24H36FN3O3S2/c1-31-24(30)23-20(17-3-5-18(25)6-4-17)15-19-7-8-21(23)28(19)11-2-10-27(12-14-33)16-22(29)26-9-13-32/h3-6,19-21,23,32-33H,2,7-16H2,1H3,(H,26,29)/t19-,20-,21?,23?/m1/s1. The number of fused-ring (bicyclic) bond motifs is 2. The number of amides is 1. The summed E-state index contributed by atoms with van der Waals surface area (Å²) in [5.74, 6) is 0.671. The summed E-state index contributed by atoms with van der Waals surface area (Å²) in [5.41, 5.74) is 1.01. The van der Waals surface area contributed by atoms with Crippen LogP contribution in [0.15, 0.2) is 24.3 Å². The summed E-state index contributed by atoms with van der Waals surface area (Å²) in [6.07, 6.45) is 3.81. The molecule has 0 aliphatic carbocycles. The van der Waals surface area contributed by atoms with Crippen molar-refractivity contribution in [2.75, 3.05) is 51.3 Å². The Hall–Kier alpha value is -1.29. The molecule has 1 aromatic rings. The van der Waals surface area contributed by atoms with Crippen LogP contribution in [0.4, 0.5) is 4.39 Å². The molecule has 2 fully saturated rings. The Morgan fingerprint density at radius 2 is 1.94 bits per heavy atom. The lowest BCUT2D eigenvalue weighted by Gasteiger charge is -2.44. The number of piperidine rings is 1. The van der Waals surface area contributed by atoms with Crippen molar-refractivity contribution in [3.8, 4) is 0 Å². The molecule has 2 heterocycles. The number of carbonyl (C=O) groups excluding carboxylic acids is 2. The van der Waals surface area contributed by atoms with E-state index < -0.39 is 0 Å². The first-order chi connectivity index (χ1) is 16.0. The molecule has 1 N–H and O–H groups in total. The Morgan fingerprint density at radius 1 is 1.18 bits per heavy atom. The number of ether oxygens (including phenoxy) is 1. The number of esters is 1. The zero-order valence-electron chi connectivity index (χ0n) is 19.3. The van der Waals surface area contributed by atoms with Gasteiger partial charge in [-0.05, 0) is 56.5 Å². The minimum atomic E-state index is -0.265. The first-order valence-electron chi connectivity index (χ1n) is 11.8. The lowest BCUT2D eigenvalue weighted by Crippen LogP contribution is -2.51. The quantitative estimate of drug-likeness (QED) is 0.306. The normalized spacial score (nSPS) is 24.8. The molecule has 0 spiro atoms. The van der Waals surface area contributed by atoms with Crippen molar-refractivity contribution in [3.05, 3.63) is 35.6 Å². The Balaban J connectivity index is 1.63. The van der Waals surface area contributed by atoms with Gasteiger partial charge in [0.2, 0.25) is 5.91 Å². The molecule has 0 saturated carbocycles. The Morgan fingerprint density at radius 3 is 2.61 bits per heavy atom. The predicted molar refractivity (Wildman–Crippen MR) is 135 cm³/mol. The van der Waals surface area contributed by atoms with E-state index in [2.05, 4.69) is 40.4 Å². The highest BCUT2D eigenvalue weighted by atomic mass is 32.1. The van der Waals surface area contributed by atoms with Crippen LogP contribution < -0.4 is 5.32 Å². The smallest absolute Gasteiger partial charge is 0.310 e. The van der Waals surface area contributed by atoms with E-state index in [4.69, 9.17) is 4.74 Å². The Kier molecular flexibility index (Phi) is 10.3. The lowest BCUT2D eigenvalue weighted by atomic mass is 9.76. The molecular formula is C24H36FN3O3S2. The Labute approximate surface area is 207 Å². The summed E-state index contributed by atoms with van der Waals surface area (Å²) >= 11 is 8.47. The fourth-order valence-electron chi connectivity index (χ4n) is 5.51. The number of halogens is 1. The van der Waals surface area contributed by atoms with Crippen molar-refractivity contribution in [2.45, 2.75) is 43.7 Å². The van der Waals surface area contributed by atoms with Gasteiger partial charge in [-0.2, -0.15) is 25.3 Å². The van der Waals surface area contributed by atoms with Crippen LogP contribution in [0.3, 0.4) is 0 Å². The van der Waals surface area contributed by atoms with Crippen molar-refractivity contribution in [2.24, 2.45) is 5.92 Å². The molecule has 2 unspecified atom stereocenters. The molecular weight excluding hydrogens is 461 g/mol. The van der Waals surface area contributed by atoms with E-state index >= 15 is 0 Å². The SMILES string of the molecule is COC(=O)C1C2CC[C@H](C[C@@H]1c1ccc(F)cc1)N2CCCN(CCS)CC(=O)NCCS. The fraction of sp³-hybridized carbons (Fsp3) is 0.667. The van der Waals surface area contributed by atoms with Gasteiger partial charge in [0.1, 0.15) is 5.82 Å². The van der Waals surface area contributed by atoms with Crippen LogP contribution in [0.1, 0.15) is 37.2 Å². The van der Waals surface area contributed by atoms with Gasteiger partial charge >= 0.3 is 5.97 Å². The number of nitrogens with zero attached hydrogens (tertiary/aromatic N) is 2. The molecule has 2 bridgehead atoms. The van der Waals surface area contributed by atoms with E-state index in [9.17, 15) is 14.0 Å². The van der Waals surface area contributed by atoms with Gasteiger partial charge in [-0.1, -0.05) is 12.1 Å². The topological polar surface area (TPSA) is 61.9 Å². The molecule has 6 nitrogen and oxygen atoms in total. The van der Waals surface area contributed by atoms with Gasteiger partial charge < -0.3 is 10.1 Å². The molecule has 1 aromatic carbocycles. The van der Waals surface area contributed by atoms with Crippen molar-refractivity contribution >= 4 is 37.1 Å². The van der Waals surface area contributed by atoms with Crippen LogP contribution in [0.2, 0.25) is 0 Å². The van der Waals surface area contributed by atoms with Gasteiger partial charge in [0.25, 0.3) is 0 Å². The molecule has 184 valence electrons. The molecule has 1 amide bonds. The van der Waals surface area contributed by atoms with Crippen LogP contribution in [0.5, 0.6) is 0 Å². The summed E-state index contributed by atoms with van der Waals surface area (Å²) < 4.78 is 18.7. The second-order valence-electron chi connectivity index (χ2n) is 8.91. The van der Waals surface area contributed by atoms with E-state index in [1.54, 1.807) is 12.1 Å². The van der Waals surface area contributed by atoms with Gasteiger partial charge in [0.05, 0.1) is 19.6 Å². The third-order valence-electron chi connectivity index (χ3n) is 6.94.